The normalized spacial score (nSPS) is 8.36. The summed E-state index contributed by atoms with van der Waals surface area (Å²) in [6.45, 7) is 0. The molecule has 0 unspecified atom stereocenters. The molecule has 2 rings (SSSR count). The first kappa shape index (κ1) is 11.4. The molecule has 0 spiro atoms. The Balaban J connectivity index is 0.000000500. The van der Waals surface area contributed by atoms with Crippen LogP contribution in [-0.2, 0) is 22.4 Å². The minimum atomic E-state index is 0. The zero-order valence-corrected chi connectivity index (χ0v) is 9.49. The molecule has 0 fully saturated rings. The van der Waals surface area contributed by atoms with Gasteiger partial charge in [0.2, 0.25) is 0 Å². The first-order valence-corrected chi connectivity index (χ1v) is 2.72. The fraction of sp³-hybridized carbons (Fsp3) is 0. The summed E-state index contributed by atoms with van der Waals surface area (Å²) in [6.07, 6.45) is 0. The Kier molecular flexibility index (Phi) is 5.25. The van der Waals surface area contributed by atoms with Crippen molar-refractivity contribution in [2.75, 3.05) is 0 Å². The van der Waals surface area contributed by atoms with Gasteiger partial charge in [-0.2, -0.15) is 15.4 Å². The molecule has 56 valence electrons. The molecule has 2 radical (unpaired) electrons. The summed E-state index contributed by atoms with van der Waals surface area (Å²) in [4.78, 5) is 0. The molecule has 1 aromatic carbocycles. The summed E-state index contributed by atoms with van der Waals surface area (Å²) >= 11 is 0. The van der Waals surface area contributed by atoms with Crippen molar-refractivity contribution in [1.29, 1.82) is 0 Å². The van der Waals surface area contributed by atoms with Gasteiger partial charge in [0, 0.05) is 51.9 Å². The third-order valence-electron chi connectivity index (χ3n) is 1.22. The molecule has 11 heavy (non-hydrogen) atoms. The first-order chi connectivity index (χ1) is 4.47. The maximum Gasteiger partial charge on any atom is 0.112 e. The summed E-state index contributed by atoms with van der Waals surface area (Å²) in [5.41, 5.74) is 1.83. The second-order valence-corrected chi connectivity index (χ2v) is 1.81. The number of H-pyrrole nitrogens is 1. The van der Waals surface area contributed by atoms with Crippen molar-refractivity contribution >= 4 is 40.6 Å². The standard InChI is InChI=1S/C6H5N3.Ag.Na/c1-2-4-6-5(3-1)7-9-8-6;;/h1-4H,(H,7,8,9);;. The SMILES string of the molecule is [Ag].[Na].c1ccc2n[nH]nc2c1. The van der Waals surface area contributed by atoms with Gasteiger partial charge in [-0.05, 0) is 12.1 Å². The Hall–Kier alpha value is 0.360. The van der Waals surface area contributed by atoms with Gasteiger partial charge in [-0.25, -0.2) is 0 Å². The minimum absolute atomic E-state index is 0. The number of aromatic nitrogens is 3. The second-order valence-electron chi connectivity index (χ2n) is 1.81. The maximum absolute atomic E-state index is 3.88. The summed E-state index contributed by atoms with van der Waals surface area (Å²) < 4.78 is 0. The zero-order valence-electron chi connectivity index (χ0n) is 6.01. The predicted octanol–water partition coefficient (Wildman–Crippen LogP) is 0.575. The molecular formula is C6H5AgN3Na. The molecule has 1 aromatic heterocycles. The number of rotatable bonds is 0. The maximum atomic E-state index is 3.88. The van der Waals surface area contributed by atoms with E-state index < -0.39 is 0 Å². The molecule has 0 aliphatic heterocycles. The quantitative estimate of drug-likeness (QED) is 0.694. The van der Waals surface area contributed by atoms with Crippen LogP contribution in [0.3, 0.4) is 0 Å². The number of benzene rings is 1. The van der Waals surface area contributed by atoms with E-state index in [0.717, 1.165) is 11.0 Å². The van der Waals surface area contributed by atoms with Gasteiger partial charge in [-0.1, -0.05) is 12.1 Å². The largest absolute Gasteiger partial charge is 0.197 e. The van der Waals surface area contributed by atoms with E-state index in [4.69, 9.17) is 0 Å². The Morgan fingerprint density at radius 1 is 1.00 bits per heavy atom. The van der Waals surface area contributed by atoms with Crippen LogP contribution in [0.5, 0.6) is 0 Å². The van der Waals surface area contributed by atoms with E-state index in [1.807, 2.05) is 24.3 Å². The summed E-state index contributed by atoms with van der Waals surface area (Å²) in [7, 11) is 0. The van der Waals surface area contributed by atoms with E-state index >= 15 is 0 Å². The van der Waals surface area contributed by atoms with Crippen LogP contribution in [0.1, 0.15) is 0 Å². The summed E-state index contributed by atoms with van der Waals surface area (Å²) in [5.74, 6) is 0. The van der Waals surface area contributed by atoms with Gasteiger partial charge in [0.25, 0.3) is 0 Å². The van der Waals surface area contributed by atoms with Gasteiger partial charge in [-0.15, -0.1) is 0 Å². The van der Waals surface area contributed by atoms with Gasteiger partial charge in [0.1, 0.15) is 11.0 Å². The minimum Gasteiger partial charge on any atom is -0.197 e. The molecule has 3 nitrogen and oxygen atoms in total. The van der Waals surface area contributed by atoms with Crippen LogP contribution in [0, 0.1) is 0 Å². The van der Waals surface area contributed by atoms with Crippen molar-refractivity contribution in [2.45, 2.75) is 0 Å². The van der Waals surface area contributed by atoms with E-state index in [0.29, 0.717) is 0 Å². The van der Waals surface area contributed by atoms with E-state index in [1.165, 1.54) is 0 Å². The number of para-hydroxylation sites is 2. The molecule has 0 saturated heterocycles. The Labute approximate surface area is 102 Å². The Bertz CT molecular complexity index is 292. The van der Waals surface area contributed by atoms with Crippen LogP contribution in [0.2, 0.25) is 0 Å². The third-order valence-corrected chi connectivity index (χ3v) is 1.22. The second kappa shape index (κ2) is 5.09. The summed E-state index contributed by atoms with van der Waals surface area (Å²) in [5, 5.41) is 10.3. The fourth-order valence-electron chi connectivity index (χ4n) is 0.786. The molecule has 5 heteroatoms. The topological polar surface area (TPSA) is 41.6 Å². The monoisotopic (exact) mass is 249 g/mol. The van der Waals surface area contributed by atoms with Gasteiger partial charge < -0.3 is 0 Å². The Morgan fingerprint density at radius 2 is 1.45 bits per heavy atom. The Morgan fingerprint density at radius 3 is 1.91 bits per heavy atom. The van der Waals surface area contributed by atoms with Crippen molar-refractivity contribution in [2.24, 2.45) is 0 Å². The number of aromatic amines is 1. The van der Waals surface area contributed by atoms with Crippen molar-refractivity contribution in [3.63, 3.8) is 0 Å². The first-order valence-electron chi connectivity index (χ1n) is 2.72. The van der Waals surface area contributed by atoms with Gasteiger partial charge in [-0.3, -0.25) is 0 Å². The third kappa shape index (κ3) is 2.40. The van der Waals surface area contributed by atoms with Gasteiger partial charge >= 0.3 is 0 Å². The molecule has 1 N–H and O–H groups in total. The molecule has 1 heterocycles. The van der Waals surface area contributed by atoms with E-state index in [1.54, 1.807) is 0 Å². The number of hydrogen-bond donors (Lipinski definition) is 1. The molecule has 0 bridgehead atoms. The fourth-order valence-corrected chi connectivity index (χ4v) is 0.786. The smallest absolute Gasteiger partial charge is 0.112 e. The van der Waals surface area contributed by atoms with Crippen molar-refractivity contribution < 1.29 is 22.4 Å². The van der Waals surface area contributed by atoms with Crippen LogP contribution in [0.15, 0.2) is 24.3 Å². The van der Waals surface area contributed by atoms with Crippen LogP contribution >= 0.6 is 0 Å². The zero-order chi connectivity index (χ0) is 6.10. The van der Waals surface area contributed by atoms with Crippen molar-refractivity contribution in [3.05, 3.63) is 24.3 Å². The van der Waals surface area contributed by atoms with Gasteiger partial charge in [0.15, 0.2) is 0 Å². The molecule has 0 atom stereocenters. The van der Waals surface area contributed by atoms with Crippen LogP contribution in [0.4, 0.5) is 0 Å². The average molecular weight is 250 g/mol. The van der Waals surface area contributed by atoms with Crippen molar-refractivity contribution in [3.8, 4) is 0 Å². The molecule has 2 aromatic rings. The summed E-state index contributed by atoms with van der Waals surface area (Å²) in [6, 6.07) is 7.70. The van der Waals surface area contributed by atoms with E-state index in [2.05, 4.69) is 15.4 Å². The molecule has 0 amide bonds. The number of nitrogens with zero attached hydrogens (tertiary/aromatic N) is 2. The predicted molar refractivity (Wildman–Crippen MR) is 39.6 cm³/mol. The molecule has 0 aliphatic rings. The molecular weight excluding hydrogens is 245 g/mol. The van der Waals surface area contributed by atoms with Crippen LogP contribution in [-0.4, -0.2) is 45.0 Å². The number of fused-ring (bicyclic) bond motifs is 1. The van der Waals surface area contributed by atoms with Crippen LogP contribution < -0.4 is 0 Å². The number of nitrogens with one attached hydrogen (secondary N) is 1. The van der Waals surface area contributed by atoms with E-state index in [-0.39, 0.29) is 51.9 Å². The molecule has 0 saturated carbocycles. The number of hydrogen-bond acceptors (Lipinski definition) is 2. The molecule has 0 aliphatic carbocycles. The average Bonchev–Trinajstić information content (AvgIpc) is 2.33. The van der Waals surface area contributed by atoms with Crippen molar-refractivity contribution in [1.82, 2.24) is 15.4 Å². The van der Waals surface area contributed by atoms with Crippen LogP contribution in [0.25, 0.3) is 11.0 Å². The van der Waals surface area contributed by atoms with E-state index in [9.17, 15) is 0 Å². The van der Waals surface area contributed by atoms with Gasteiger partial charge in [0.05, 0.1) is 0 Å².